The maximum absolute atomic E-state index is 13.3. The maximum atomic E-state index is 13.3. The first-order valence-electron chi connectivity index (χ1n) is 12.6. The number of hydrogen-bond donors (Lipinski definition) is 0. The number of aromatic nitrogens is 2. The topological polar surface area (TPSA) is 58.4 Å². The molecule has 1 saturated carbocycles. The highest BCUT2D eigenvalue weighted by Crippen LogP contribution is 2.31. The Labute approximate surface area is 201 Å². The van der Waals surface area contributed by atoms with Gasteiger partial charge in [0.05, 0.1) is 11.0 Å². The fourth-order valence-corrected chi connectivity index (χ4v) is 5.56. The average Bonchev–Trinajstić information content (AvgIpc) is 3.43. The molecule has 2 aliphatic rings. The number of likely N-dealkylation sites (tertiary alicyclic amines) is 1. The number of amides is 2. The van der Waals surface area contributed by atoms with Gasteiger partial charge < -0.3 is 14.4 Å². The van der Waals surface area contributed by atoms with Gasteiger partial charge in [0, 0.05) is 38.5 Å². The monoisotopic (exact) mass is 458 g/mol. The minimum absolute atomic E-state index is 0.00320. The predicted molar refractivity (Wildman–Crippen MR) is 133 cm³/mol. The second-order valence-corrected chi connectivity index (χ2v) is 9.82. The molecule has 1 atom stereocenters. The lowest BCUT2D eigenvalue weighted by Crippen LogP contribution is -2.40. The van der Waals surface area contributed by atoms with Crippen LogP contribution in [0.5, 0.6) is 0 Å². The van der Waals surface area contributed by atoms with Crippen LogP contribution in [0.4, 0.5) is 0 Å². The number of benzene rings is 2. The van der Waals surface area contributed by atoms with Crippen LogP contribution in [0.3, 0.4) is 0 Å². The Morgan fingerprint density at radius 3 is 2.56 bits per heavy atom. The Balaban J connectivity index is 1.34. The molecule has 0 radical (unpaired) electrons. The molecule has 1 saturated heterocycles. The van der Waals surface area contributed by atoms with Crippen LogP contribution in [-0.4, -0.2) is 57.3 Å². The summed E-state index contributed by atoms with van der Waals surface area (Å²) in [6.45, 7) is 1.64. The van der Waals surface area contributed by atoms with Gasteiger partial charge in [-0.25, -0.2) is 4.98 Å². The molecule has 0 bridgehead atoms. The quantitative estimate of drug-likeness (QED) is 0.528. The number of hydrogen-bond acceptors (Lipinski definition) is 3. The lowest BCUT2D eigenvalue weighted by Gasteiger charge is -2.31. The fraction of sp³-hybridized carbons (Fsp3) is 0.464. The van der Waals surface area contributed by atoms with Crippen molar-refractivity contribution in [2.75, 3.05) is 20.1 Å². The van der Waals surface area contributed by atoms with Gasteiger partial charge in [0.2, 0.25) is 11.8 Å². The van der Waals surface area contributed by atoms with E-state index in [9.17, 15) is 9.59 Å². The average molecular weight is 459 g/mol. The summed E-state index contributed by atoms with van der Waals surface area (Å²) in [7, 11) is 1.95. The number of likely N-dealkylation sites (N-methyl/N-ethyl adjacent to an activating group) is 1. The first-order valence-corrected chi connectivity index (χ1v) is 12.6. The van der Waals surface area contributed by atoms with E-state index < -0.39 is 0 Å². The van der Waals surface area contributed by atoms with E-state index in [0.29, 0.717) is 25.6 Å². The molecular weight excluding hydrogens is 424 g/mol. The number of imidazole rings is 1. The second-order valence-electron chi connectivity index (χ2n) is 9.82. The molecule has 5 rings (SSSR count). The molecule has 0 N–H and O–H groups in total. The molecule has 6 nitrogen and oxygen atoms in total. The number of nitrogens with zero attached hydrogens (tertiary/aromatic N) is 4. The van der Waals surface area contributed by atoms with E-state index in [2.05, 4.69) is 16.7 Å². The third kappa shape index (κ3) is 4.72. The van der Waals surface area contributed by atoms with Crippen molar-refractivity contribution >= 4 is 22.8 Å². The number of carbonyl (C=O) groups is 2. The van der Waals surface area contributed by atoms with Crippen LogP contribution in [-0.2, 0) is 22.6 Å². The van der Waals surface area contributed by atoms with Crippen LogP contribution >= 0.6 is 0 Å². The zero-order chi connectivity index (χ0) is 23.5. The molecule has 2 heterocycles. The van der Waals surface area contributed by atoms with Gasteiger partial charge in [-0.2, -0.15) is 0 Å². The number of para-hydroxylation sites is 2. The molecule has 34 heavy (non-hydrogen) atoms. The van der Waals surface area contributed by atoms with Crippen molar-refractivity contribution in [2.24, 2.45) is 0 Å². The van der Waals surface area contributed by atoms with Gasteiger partial charge in [-0.1, -0.05) is 61.7 Å². The molecular formula is C28H34N4O2. The molecule has 1 unspecified atom stereocenters. The van der Waals surface area contributed by atoms with Gasteiger partial charge in [0.1, 0.15) is 12.4 Å². The maximum Gasteiger partial charge on any atom is 0.242 e. The number of carbonyl (C=O) groups excluding carboxylic acids is 2. The largest absolute Gasteiger partial charge is 0.342 e. The zero-order valence-electron chi connectivity index (χ0n) is 20.0. The molecule has 1 aliphatic heterocycles. The molecule has 2 amide bonds. The van der Waals surface area contributed by atoms with Gasteiger partial charge in [0.25, 0.3) is 0 Å². The van der Waals surface area contributed by atoms with Crippen LogP contribution in [0.2, 0.25) is 0 Å². The summed E-state index contributed by atoms with van der Waals surface area (Å²) in [5, 5.41) is 0. The lowest BCUT2D eigenvalue weighted by atomic mass is 9.94. The summed E-state index contributed by atoms with van der Waals surface area (Å²) < 4.78 is 2.07. The molecule has 2 fully saturated rings. The van der Waals surface area contributed by atoms with Gasteiger partial charge in [0.15, 0.2) is 0 Å². The van der Waals surface area contributed by atoms with E-state index in [4.69, 9.17) is 4.98 Å². The Morgan fingerprint density at radius 1 is 1.03 bits per heavy atom. The van der Waals surface area contributed by atoms with Crippen molar-refractivity contribution in [2.45, 2.75) is 63.5 Å². The third-order valence-corrected chi connectivity index (χ3v) is 7.59. The molecule has 3 aromatic rings. The van der Waals surface area contributed by atoms with E-state index in [1.807, 2.05) is 59.3 Å². The normalized spacial score (nSPS) is 19.1. The SMILES string of the molecule is CN(C(=O)Cn1c(C2CC(=O)N(CCc3ccccc3)C2)nc2ccccc21)C1CCCCC1. The van der Waals surface area contributed by atoms with Crippen molar-refractivity contribution in [3.8, 4) is 0 Å². The van der Waals surface area contributed by atoms with Gasteiger partial charge in [-0.05, 0) is 37.0 Å². The Morgan fingerprint density at radius 2 is 1.76 bits per heavy atom. The highest BCUT2D eigenvalue weighted by molar-refractivity contribution is 5.83. The van der Waals surface area contributed by atoms with Crippen LogP contribution in [0.25, 0.3) is 11.0 Å². The van der Waals surface area contributed by atoms with Gasteiger partial charge in [-0.3, -0.25) is 9.59 Å². The summed E-state index contributed by atoms with van der Waals surface area (Å²) in [5.74, 6) is 1.16. The highest BCUT2D eigenvalue weighted by Gasteiger charge is 2.34. The van der Waals surface area contributed by atoms with Crippen molar-refractivity contribution in [3.05, 3.63) is 66.0 Å². The summed E-state index contributed by atoms with van der Waals surface area (Å²) in [4.78, 5) is 35.0. The van der Waals surface area contributed by atoms with E-state index in [1.54, 1.807) is 0 Å². The Hall–Kier alpha value is -3.15. The standard InChI is InChI=1S/C28H34N4O2/c1-30(23-12-6-3-7-13-23)27(34)20-32-25-15-9-8-14-24(25)29-28(32)22-18-26(33)31(19-22)17-16-21-10-4-2-5-11-21/h2,4-5,8-11,14-15,22-23H,3,6-7,12-13,16-20H2,1H3. The van der Waals surface area contributed by atoms with Crippen LogP contribution in [0.1, 0.15) is 55.8 Å². The third-order valence-electron chi connectivity index (χ3n) is 7.59. The van der Waals surface area contributed by atoms with Crippen molar-refractivity contribution in [3.63, 3.8) is 0 Å². The highest BCUT2D eigenvalue weighted by atomic mass is 16.2. The fourth-order valence-electron chi connectivity index (χ4n) is 5.56. The molecule has 2 aromatic carbocycles. The second kappa shape index (κ2) is 10.00. The Bertz CT molecular complexity index is 1150. The molecule has 1 aliphatic carbocycles. The zero-order valence-corrected chi connectivity index (χ0v) is 20.0. The minimum atomic E-state index is 0.00320. The van der Waals surface area contributed by atoms with Crippen LogP contribution in [0, 0.1) is 0 Å². The van der Waals surface area contributed by atoms with E-state index in [-0.39, 0.29) is 24.3 Å². The summed E-state index contributed by atoms with van der Waals surface area (Å²) in [6.07, 6.45) is 7.14. The predicted octanol–water partition coefficient (Wildman–Crippen LogP) is 4.39. The molecule has 1 aromatic heterocycles. The molecule has 6 heteroatoms. The van der Waals surface area contributed by atoms with Crippen molar-refractivity contribution in [1.29, 1.82) is 0 Å². The lowest BCUT2D eigenvalue weighted by molar-refractivity contribution is -0.133. The molecule has 178 valence electrons. The molecule has 0 spiro atoms. The first-order chi connectivity index (χ1) is 16.6. The van der Waals surface area contributed by atoms with E-state index in [0.717, 1.165) is 36.1 Å². The van der Waals surface area contributed by atoms with Crippen LogP contribution in [0.15, 0.2) is 54.6 Å². The van der Waals surface area contributed by atoms with E-state index >= 15 is 0 Å². The summed E-state index contributed by atoms with van der Waals surface area (Å²) in [6, 6.07) is 18.6. The first kappa shape index (κ1) is 22.6. The van der Waals surface area contributed by atoms with Crippen molar-refractivity contribution < 1.29 is 9.59 Å². The smallest absolute Gasteiger partial charge is 0.242 e. The van der Waals surface area contributed by atoms with Crippen molar-refractivity contribution in [1.82, 2.24) is 19.4 Å². The minimum Gasteiger partial charge on any atom is -0.342 e. The Kier molecular flexibility index (Phi) is 6.66. The van der Waals surface area contributed by atoms with Gasteiger partial charge in [-0.15, -0.1) is 0 Å². The van der Waals surface area contributed by atoms with Gasteiger partial charge >= 0.3 is 0 Å². The summed E-state index contributed by atoms with van der Waals surface area (Å²) >= 11 is 0. The number of rotatable bonds is 7. The van der Waals surface area contributed by atoms with Crippen LogP contribution < -0.4 is 0 Å². The number of fused-ring (bicyclic) bond motifs is 1. The summed E-state index contributed by atoms with van der Waals surface area (Å²) in [5.41, 5.74) is 3.10. The van der Waals surface area contributed by atoms with E-state index in [1.165, 1.54) is 24.8 Å².